The highest BCUT2D eigenvalue weighted by atomic mass is 19.4. The Morgan fingerprint density at radius 1 is 0.630 bits per heavy atom. The number of nitrogens with one attached hydrogen (secondary N) is 4. The minimum atomic E-state index is -4.69. The molecule has 0 radical (unpaired) electrons. The van der Waals surface area contributed by atoms with E-state index in [1.165, 1.54) is 0 Å². The molecule has 2 aliphatic heterocycles. The minimum absolute atomic E-state index is 0.0609. The van der Waals surface area contributed by atoms with Gasteiger partial charge in [0.05, 0.1) is 176 Å². The Labute approximate surface area is 421 Å². The molecule has 0 aromatic carbocycles. The summed E-state index contributed by atoms with van der Waals surface area (Å²) in [5.74, 6) is -1.81. The van der Waals surface area contributed by atoms with E-state index in [9.17, 15) is 48.0 Å². The third-order valence-electron chi connectivity index (χ3n) is 10.5. The molecule has 0 bridgehead atoms. The average molecular weight is 1070 g/mol. The number of amides is 2. The largest absolute Gasteiger partial charge is 0.480 e. The number of aliphatic carboxylic acids is 1. The fraction of sp³-hybridized carbons (Fsp3) is 0.841. The molecule has 0 aliphatic carbocycles. The molecule has 3 heterocycles. The number of hydrogen-bond acceptors (Lipinski definition) is 23. The smallest absolute Gasteiger partial charge is 0.434 e. The Morgan fingerprint density at radius 3 is 1.60 bits per heavy atom. The van der Waals surface area contributed by atoms with E-state index in [-0.39, 0.29) is 143 Å². The molecule has 2 amide bonds. The first-order chi connectivity index (χ1) is 35.2. The predicted octanol–water partition coefficient (Wildman–Crippen LogP) is -2.87. The quantitative estimate of drug-likeness (QED) is 0.0297. The molecule has 3 rings (SSSR count). The topological polar surface area (TPSA) is 337 Å². The summed E-state index contributed by atoms with van der Waals surface area (Å²) in [4.78, 5) is 42.4. The van der Waals surface area contributed by atoms with Crippen molar-refractivity contribution < 1.29 is 110 Å². The first kappa shape index (κ1) is 63.7. The number of anilines is 1. The monoisotopic (exact) mass is 1060 g/mol. The zero-order valence-corrected chi connectivity index (χ0v) is 41.0. The van der Waals surface area contributed by atoms with Crippen LogP contribution in [0.25, 0.3) is 0 Å². The van der Waals surface area contributed by atoms with E-state index in [0.29, 0.717) is 65.4 Å². The van der Waals surface area contributed by atoms with Gasteiger partial charge >= 0.3 is 12.1 Å². The van der Waals surface area contributed by atoms with Crippen LogP contribution < -0.4 is 21.3 Å². The molecular weight excluding hydrogens is 989 g/mol. The Hall–Kier alpha value is -3.60. The SMILES string of the molecule is O=C(O)CNC(COCCC(=O)NCCOCCOCCOCCOC[C@H]1OC[C@H](Nc2cncc(C(F)(F)F)n2)[C@@H](O)[C@H]1O)COCCC(=O)NCCOCCOCCOCCOC[C@H]1OCC[C@@H](O)[C@H]1O. The van der Waals surface area contributed by atoms with Gasteiger partial charge in [0, 0.05) is 32.5 Å². The van der Waals surface area contributed by atoms with Gasteiger partial charge in [0.1, 0.15) is 36.3 Å². The summed E-state index contributed by atoms with van der Waals surface area (Å²) in [6.45, 7) is 4.97. The highest BCUT2D eigenvalue weighted by Crippen LogP contribution is 2.28. The number of carbonyl (C=O) groups excluding carboxylic acids is 2. The van der Waals surface area contributed by atoms with Gasteiger partial charge in [-0.2, -0.15) is 13.2 Å². The van der Waals surface area contributed by atoms with Crippen LogP contribution >= 0.6 is 0 Å². The van der Waals surface area contributed by atoms with Crippen molar-refractivity contribution in [1.29, 1.82) is 0 Å². The lowest BCUT2D eigenvalue weighted by atomic mass is 9.98. The molecule has 2 saturated heterocycles. The summed E-state index contributed by atoms with van der Waals surface area (Å²) in [5.41, 5.74) is -1.20. The molecule has 29 heteroatoms. The molecule has 1 aromatic heterocycles. The van der Waals surface area contributed by atoms with Gasteiger partial charge in [-0.25, -0.2) is 4.98 Å². The maximum absolute atomic E-state index is 12.9. The van der Waals surface area contributed by atoms with Gasteiger partial charge in [-0.3, -0.25) is 24.7 Å². The van der Waals surface area contributed by atoms with Gasteiger partial charge in [0.15, 0.2) is 5.69 Å². The van der Waals surface area contributed by atoms with E-state index in [1.54, 1.807) is 0 Å². The van der Waals surface area contributed by atoms with Gasteiger partial charge in [0.2, 0.25) is 11.8 Å². The van der Waals surface area contributed by atoms with Crippen LogP contribution in [0, 0.1) is 0 Å². The molecule has 422 valence electrons. The van der Waals surface area contributed by atoms with Crippen molar-refractivity contribution in [2.24, 2.45) is 0 Å². The van der Waals surface area contributed by atoms with Gasteiger partial charge in [-0.1, -0.05) is 0 Å². The second kappa shape index (κ2) is 38.9. The van der Waals surface area contributed by atoms with E-state index in [2.05, 4.69) is 31.2 Å². The minimum Gasteiger partial charge on any atom is -0.480 e. The van der Waals surface area contributed by atoms with E-state index in [0.717, 1.165) is 6.20 Å². The number of rotatable bonds is 43. The number of carbonyl (C=O) groups is 3. The van der Waals surface area contributed by atoms with Gasteiger partial charge in [-0.05, 0) is 6.42 Å². The van der Waals surface area contributed by atoms with Gasteiger partial charge in [-0.15, -0.1) is 0 Å². The van der Waals surface area contributed by atoms with E-state index in [4.69, 9.17) is 61.9 Å². The van der Waals surface area contributed by atoms with Crippen LogP contribution in [0.5, 0.6) is 0 Å². The normalized spacial score (nSPS) is 21.7. The van der Waals surface area contributed by atoms with Crippen molar-refractivity contribution in [2.75, 3.05) is 170 Å². The summed E-state index contributed by atoms with van der Waals surface area (Å²) >= 11 is 0. The van der Waals surface area contributed by atoms with Crippen molar-refractivity contribution in [2.45, 2.75) is 74.1 Å². The van der Waals surface area contributed by atoms with E-state index >= 15 is 0 Å². The van der Waals surface area contributed by atoms with Crippen molar-refractivity contribution in [1.82, 2.24) is 25.9 Å². The number of aliphatic hydroxyl groups is 4. The molecule has 73 heavy (non-hydrogen) atoms. The van der Waals surface area contributed by atoms with Crippen molar-refractivity contribution >= 4 is 23.6 Å². The Kier molecular flexibility index (Phi) is 33.9. The van der Waals surface area contributed by atoms with Crippen LogP contribution in [-0.4, -0.2) is 267 Å². The van der Waals surface area contributed by atoms with Crippen LogP contribution in [0.3, 0.4) is 0 Å². The zero-order valence-electron chi connectivity index (χ0n) is 41.0. The molecule has 26 nitrogen and oxygen atoms in total. The third kappa shape index (κ3) is 29.9. The molecule has 0 spiro atoms. The lowest BCUT2D eigenvalue weighted by Crippen LogP contribution is -2.57. The maximum Gasteiger partial charge on any atom is 0.434 e. The van der Waals surface area contributed by atoms with Crippen LogP contribution in [0.15, 0.2) is 12.4 Å². The Bertz CT molecular complexity index is 1620. The van der Waals surface area contributed by atoms with Gasteiger partial charge in [0.25, 0.3) is 0 Å². The Balaban J connectivity index is 1.05. The highest BCUT2D eigenvalue weighted by molar-refractivity contribution is 5.76. The van der Waals surface area contributed by atoms with E-state index < -0.39 is 66.5 Å². The molecule has 0 saturated carbocycles. The molecule has 9 N–H and O–H groups in total. The zero-order chi connectivity index (χ0) is 52.9. The average Bonchev–Trinajstić information content (AvgIpc) is 3.36. The summed E-state index contributed by atoms with van der Waals surface area (Å²) in [7, 11) is 0. The number of hydrogen-bond donors (Lipinski definition) is 9. The van der Waals surface area contributed by atoms with Crippen LogP contribution in [0.1, 0.15) is 25.0 Å². The third-order valence-corrected chi connectivity index (χ3v) is 10.5. The van der Waals surface area contributed by atoms with Gasteiger partial charge < -0.3 is 98.3 Å². The number of aromatic nitrogens is 2. The Morgan fingerprint density at radius 2 is 1.11 bits per heavy atom. The second-order valence-corrected chi connectivity index (χ2v) is 16.3. The molecule has 1 unspecified atom stereocenters. The van der Waals surface area contributed by atoms with Crippen molar-refractivity contribution in [3.05, 3.63) is 18.1 Å². The number of ether oxygens (including phenoxy) is 12. The first-order valence-corrected chi connectivity index (χ1v) is 24.1. The summed E-state index contributed by atoms with van der Waals surface area (Å²) in [6.07, 6.45) is -8.46. The number of halogens is 3. The summed E-state index contributed by atoms with van der Waals surface area (Å²) in [5, 5.41) is 60.4. The number of carboxylic acid groups (broad SMARTS) is 1. The maximum atomic E-state index is 12.9. The standard InChI is InChI=1S/C44H75F3N6O20/c45-44(46,47)36-23-48-24-37(53-36)52-32-28-73-35(43(61)41(32)59)30-71-22-20-67-18-16-65-14-12-63-10-5-50-39(56)3-7-69-27-31(51-25-40(57)58)26-68-6-2-38(55)49-4-9-62-11-13-64-15-17-66-19-21-70-29-34-42(60)33(54)1-8-72-34/h23-24,31-35,41-43,51,54,59-61H,1-22,25-30H2,(H,49,55)(H,50,56)(H,52,53)(H,57,58)/t31?,32-,33+,34+,35+,41+,42+,43-/m0/s1. The van der Waals surface area contributed by atoms with E-state index in [1.807, 2.05) is 0 Å². The van der Waals surface area contributed by atoms with Crippen LogP contribution in [0.2, 0.25) is 0 Å². The molecule has 2 fully saturated rings. The second-order valence-electron chi connectivity index (χ2n) is 16.3. The summed E-state index contributed by atoms with van der Waals surface area (Å²) in [6, 6.07) is -1.43. The molecule has 8 atom stereocenters. The molecule has 1 aromatic rings. The van der Waals surface area contributed by atoms with Crippen molar-refractivity contribution in [3.63, 3.8) is 0 Å². The fourth-order valence-corrected chi connectivity index (χ4v) is 6.52. The first-order valence-electron chi connectivity index (χ1n) is 24.1. The fourth-order valence-electron chi connectivity index (χ4n) is 6.52. The molecular formula is C44H75F3N6O20. The van der Waals surface area contributed by atoms with Crippen LogP contribution in [-0.2, 0) is 77.4 Å². The van der Waals surface area contributed by atoms with Crippen LogP contribution in [0.4, 0.5) is 19.0 Å². The highest BCUT2D eigenvalue weighted by Gasteiger charge is 2.39. The lowest BCUT2D eigenvalue weighted by molar-refractivity contribution is -0.161. The van der Waals surface area contributed by atoms with Crippen molar-refractivity contribution in [3.8, 4) is 0 Å². The number of alkyl halides is 3. The predicted molar refractivity (Wildman–Crippen MR) is 245 cm³/mol. The summed E-state index contributed by atoms with van der Waals surface area (Å²) < 4.78 is 104. The number of aliphatic hydroxyl groups excluding tert-OH is 4. The number of nitrogens with zero attached hydrogens (tertiary/aromatic N) is 2. The lowest BCUT2D eigenvalue weighted by Gasteiger charge is -2.38. The molecule has 2 aliphatic rings. The number of carboxylic acids is 1.